The maximum Gasteiger partial charge on any atom is 0.256 e. The normalized spacial score (nSPS) is 19.5. The summed E-state index contributed by atoms with van der Waals surface area (Å²) in [5, 5.41) is 5.99. The number of benzene rings is 2. The van der Waals surface area contributed by atoms with Gasteiger partial charge in [0.1, 0.15) is 5.41 Å². The van der Waals surface area contributed by atoms with Crippen LogP contribution in [0.1, 0.15) is 28.1 Å². The molecule has 6 rings (SSSR count). The molecule has 1 atom stereocenters. The van der Waals surface area contributed by atoms with E-state index in [0.29, 0.717) is 17.7 Å². The molecule has 2 aliphatic rings. The van der Waals surface area contributed by atoms with Crippen molar-refractivity contribution in [1.29, 1.82) is 0 Å². The average Bonchev–Trinajstić information content (AvgIpc) is 3.33. The van der Waals surface area contributed by atoms with E-state index in [9.17, 15) is 9.59 Å². The first kappa shape index (κ1) is 20.1. The molecule has 6 nitrogen and oxygen atoms in total. The maximum absolute atomic E-state index is 13.6. The van der Waals surface area contributed by atoms with Gasteiger partial charge in [0.15, 0.2) is 0 Å². The van der Waals surface area contributed by atoms with Gasteiger partial charge in [-0.15, -0.1) is 0 Å². The van der Waals surface area contributed by atoms with Gasteiger partial charge in [-0.25, -0.2) is 0 Å². The number of fused-ring (bicyclic) bond motifs is 2. The second kappa shape index (κ2) is 7.78. The Morgan fingerprint density at radius 3 is 2.38 bits per heavy atom. The van der Waals surface area contributed by atoms with Crippen molar-refractivity contribution in [3.05, 3.63) is 119 Å². The quantitative estimate of drug-likeness (QED) is 0.456. The Balaban J connectivity index is 1.54. The first-order valence-electron chi connectivity index (χ1n) is 11.0. The summed E-state index contributed by atoms with van der Waals surface area (Å²) < 4.78 is 0. The van der Waals surface area contributed by atoms with Gasteiger partial charge in [-0.1, -0.05) is 36.4 Å². The summed E-state index contributed by atoms with van der Waals surface area (Å²) in [6, 6.07) is 24.8. The van der Waals surface area contributed by atoms with E-state index < -0.39 is 5.41 Å². The fourth-order valence-corrected chi connectivity index (χ4v) is 4.86. The predicted octanol–water partition coefficient (Wildman–Crippen LogP) is 4.45. The van der Waals surface area contributed by atoms with E-state index in [-0.39, 0.29) is 11.8 Å². The molecule has 2 aromatic heterocycles. The Morgan fingerprint density at radius 1 is 0.794 bits per heavy atom. The van der Waals surface area contributed by atoms with Gasteiger partial charge in [-0.05, 0) is 59.7 Å². The minimum atomic E-state index is -0.971. The SMILES string of the molecule is O=C1Nc2ccc([C@]3(Cc4ccccn4)C(=O)Nc4ccccc43)cc2/C1=C/c1ccccn1. The number of anilines is 2. The van der Waals surface area contributed by atoms with Crippen molar-refractivity contribution in [3.8, 4) is 0 Å². The zero-order chi connectivity index (χ0) is 23.1. The highest BCUT2D eigenvalue weighted by Crippen LogP contribution is 2.47. The van der Waals surface area contributed by atoms with Gasteiger partial charge in [-0.3, -0.25) is 19.6 Å². The molecule has 2 amide bonds. The topological polar surface area (TPSA) is 84.0 Å². The van der Waals surface area contributed by atoms with Gasteiger partial charge in [0.05, 0.1) is 11.3 Å². The van der Waals surface area contributed by atoms with Gasteiger partial charge >= 0.3 is 0 Å². The second-order valence-electron chi connectivity index (χ2n) is 8.43. The summed E-state index contributed by atoms with van der Waals surface area (Å²) in [6.45, 7) is 0. The fraction of sp³-hybridized carbons (Fsp3) is 0.0714. The van der Waals surface area contributed by atoms with Crippen LogP contribution in [0.3, 0.4) is 0 Å². The monoisotopic (exact) mass is 444 g/mol. The van der Waals surface area contributed by atoms with E-state index in [1.807, 2.05) is 78.9 Å². The van der Waals surface area contributed by atoms with Crippen LogP contribution in [-0.4, -0.2) is 21.8 Å². The molecule has 0 saturated carbocycles. The Labute approximate surface area is 196 Å². The summed E-state index contributed by atoms with van der Waals surface area (Å²) in [6.07, 6.45) is 5.61. The number of carbonyl (C=O) groups is 2. The van der Waals surface area contributed by atoms with Gasteiger partial charge in [0, 0.05) is 41.4 Å². The number of hydrogen-bond donors (Lipinski definition) is 2. The molecule has 0 saturated heterocycles. The molecule has 4 heterocycles. The van der Waals surface area contributed by atoms with Crippen molar-refractivity contribution in [2.75, 3.05) is 10.6 Å². The zero-order valence-electron chi connectivity index (χ0n) is 18.2. The number of para-hydroxylation sites is 1. The smallest absolute Gasteiger partial charge is 0.256 e. The number of rotatable bonds is 4. The van der Waals surface area contributed by atoms with E-state index in [1.165, 1.54) is 0 Å². The van der Waals surface area contributed by atoms with Crippen LogP contribution in [0.5, 0.6) is 0 Å². The lowest BCUT2D eigenvalue weighted by molar-refractivity contribution is -0.119. The maximum atomic E-state index is 13.6. The van der Waals surface area contributed by atoms with Crippen LogP contribution in [0.15, 0.2) is 91.3 Å². The fourth-order valence-electron chi connectivity index (χ4n) is 4.86. The Hall–Kier alpha value is -4.58. The van der Waals surface area contributed by atoms with Gasteiger partial charge < -0.3 is 10.6 Å². The molecule has 0 unspecified atom stereocenters. The number of carbonyl (C=O) groups excluding carboxylic acids is 2. The Kier molecular flexibility index (Phi) is 4.59. The van der Waals surface area contributed by atoms with E-state index in [4.69, 9.17) is 0 Å². The third-order valence-corrected chi connectivity index (χ3v) is 6.47. The van der Waals surface area contributed by atoms with Crippen LogP contribution < -0.4 is 10.6 Å². The van der Waals surface area contributed by atoms with E-state index in [1.54, 1.807) is 18.5 Å². The minimum absolute atomic E-state index is 0.105. The third-order valence-electron chi connectivity index (χ3n) is 6.47. The standard InChI is InChI=1S/C28H20N4O2/c33-26-22(16-19-7-3-5-13-29-19)21-15-18(11-12-24(21)31-26)28(17-20-8-4-6-14-30-20)23-9-1-2-10-25(23)32-27(28)34/h1-16H,17H2,(H,31,33)(H,32,34)/b22-16-/t28-/m0/s1. The molecule has 2 aliphatic heterocycles. The molecule has 164 valence electrons. The molecule has 0 spiro atoms. The highest BCUT2D eigenvalue weighted by Gasteiger charge is 2.49. The van der Waals surface area contributed by atoms with E-state index >= 15 is 0 Å². The van der Waals surface area contributed by atoms with Crippen molar-refractivity contribution < 1.29 is 9.59 Å². The summed E-state index contributed by atoms with van der Waals surface area (Å²) in [4.78, 5) is 35.3. The molecule has 0 fully saturated rings. The second-order valence-corrected chi connectivity index (χ2v) is 8.43. The summed E-state index contributed by atoms with van der Waals surface area (Å²) in [5.74, 6) is -0.292. The molecule has 2 aromatic carbocycles. The minimum Gasteiger partial charge on any atom is -0.325 e. The van der Waals surface area contributed by atoms with Crippen molar-refractivity contribution in [3.63, 3.8) is 0 Å². The number of amides is 2. The highest BCUT2D eigenvalue weighted by molar-refractivity contribution is 6.35. The molecule has 0 bridgehead atoms. The first-order chi connectivity index (χ1) is 16.6. The highest BCUT2D eigenvalue weighted by atomic mass is 16.2. The lowest BCUT2D eigenvalue weighted by atomic mass is 9.71. The van der Waals surface area contributed by atoms with Gasteiger partial charge in [-0.2, -0.15) is 0 Å². The first-order valence-corrected chi connectivity index (χ1v) is 11.0. The summed E-state index contributed by atoms with van der Waals surface area (Å²) in [7, 11) is 0. The number of nitrogens with one attached hydrogen (secondary N) is 2. The zero-order valence-corrected chi connectivity index (χ0v) is 18.2. The summed E-state index contributed by atoms with van der Waals surface area (Å²) >= 11 is 0. The molecule has 0 aliphatic carbocycles. The lowest BCUT2D eigenvalue weighted by Crippen LogP contribution is -2.38. The van der Waals surface area contributed by atoms with Crippen molar-refractivity contribution >= 4 is 34.8 Å². The molecule has 34 heavy (non-hydrogen) atoms. The molecule has 6 heteroatoms. The van der Waals surface area contributed by atoms with Crippen LogP contribution >= 0.6 is 0 Å². The van der Waals surface area contributed by atoms with Crippen LogP contribution in [0.2, 0.25) is 0 Å². The molecule has 2 N–H and O–H groups in total. The Morgan fingerprint density at radius 2 is 1.59 bits per heavy atom. The number of nitrogens with zero attached hydrogens (tertiary/aromatic N) is 2. The third kappa shape index (κ3) is 3.11. The van der Waals surface area contributed by atoms with Crippen LogP contribution in [0, 0.1) is 0 Å². The van der Waals surface area contributed by atoms with Crippen molar-refractivity contribution in [1.82, 2.24) is 9.97 Å². The van der Waals surface area contributed by atoms with E-state index in [0.717, 1.165) is 33.8 Å². The number of aromatic nitrogens is 2. The molecule has 4 aromatic rings. The van der Waals surface area contributed by atoms with Crippen LogP contribution in [-0.2, 0) is 21.4 Å². The van der Waals surface area contributed by atoms with Crippen molar-refractivity contribution in [2.24, 2.45) is 0 Å². The average molecular weight is 444 g/mol. The van der Waals surface area contributed by atoms with Gasteiger partial charge in [0.25, 0.3) is 5.91 Å². The largest absolute Gasteiger partial charge is 0.325 e. The summed E-state index contributed by atoms with van der Waals surface area (Å²) in [5.41, 5.74) is 5.04. The predicted molar refractivity (Wildman–Crippen MR) is 131 cm³/mol. The number of pyridine rings is 2. The van der Waals surface area contributed by atoms with Crippen LogP contribution in [0.25, 0.3) is 11.6 Å². The molecular formula is C28H20N4O2. The van der Waals surface area contributed by atoms with Gasteiger partial charge in [0.2, 0.25) is 5.91 Å². The lowest BCUT2D eigenvalue weighted by Gasteiger charge is -2.28. The molecular weight excluding hydrogens is 424 g/mol. The molecule has 0 radical (unpaired) electrons. The van der Waals surface area contributed by atoms with E-state index in [2.05, 4.69) is 20.6 Å². The Bertz CT molecular complexity index is 1460. The van der Waals surface area contributed by atoms with Crippen molar-refractivity contribution in [2.45, 2.75) is 11.8 Å². The van der Waals surface area contributed by atoms with Crippen LogP contribution in [0.4, 0.5) is 11.4 Å². The number of hydrogen-bond acceptors (Lipinski definition) is 4.